The largest absolute Gasteiger partial charge is 0.492 e. The Hall–Kier alpha value is -3.57. The van der Waals surface area contributed by atoms with Gasteiger partial charge in [-0.05, 0) is 61.4 Å². The molecule has 3 aromatic rings. The highest BCUT2D eigenvalue weighted by Gasteiger charge is 2.30. The Balaban J connectivity index is 1.41. The second-order valence-electron chi connectivity index (χ2n) is 8.83. The summed E-state index contributed by atoms with van der Waals surface area (Å²) in [5, 5.41) is 9.51. The third-order valence-corrected chi connectivity index (χ3v) is 6.34. The van der Waals surface area contributed by atoms with Gasteiger partial charge in [0.1, 0.15) is 12.4 Å². The van der Waals surface area contributed by atoms with Gasteiger partial charge in [0.05, 0.1) is 17.4 Å². The number of amides is 2. The first-order valence-electron chi connectivity index (χ1n) is 12.0. The summed E-state index contributed by atoms with van der Waals surface area (Å²) >= 11 is 0. The zero-order valence-corrected chi connectivity index (χ0v) is 20.7. The van der Waals surface area contributed by atoms with Gasteiger partial charge in [0, 0.05) is 56.9 Å². The second-order valence-corrected chi connectivity index (χ2v) is 8.83. The summed E-state index contributed by atoms with van der Waals surface area (Å²) < 4.78 is 51.6. The van der Waals surface area contributed by atoms with Crippen LogP contribution in [-0.2, 0) is 18.0 Å². The molecule has 198 valence electrons. The number of piperidine rings is 1. The molecule has 2 amide bonds. The van der Waals surface area contributed by atoms with Crippen LogP contribution in [0.5, 0.6) is 5.75 Å². The van der Waals surface area contributed by atoms with Crippen molar-refractivity contribution in [2.75, 3.05) is 44.0 Å². The number of nitrogens with zero attached hydrogens (tertiary/aromatic N) is 3. The van der Waals surface area contributed by atoms with E-state index >= 15 is 0 Å². The maximum atomic E-state index is 12.8. The second kappa shape index (κ2) is 11.7. The van der Waals surface area contributed by atoms with Crippen LogP contribution in [0, 0.1) is 0 Å². The van der Waals surface area contributed by atoms with Crippen LogP contribution in [0.15, 0.2) is 54.7 Å². The fourth-order valence-electron chi connectivity index (χ4n) is 4.26. The van der Waals surface area contributed by atoms with E-state index in [-0.39, 0.29) is 5.69 Å². The topological polar surface area (TPSA) is 80.7 Å². The number of ether oxygens (including phenoxy) is 2. The molecule has 2 heterocycles. The molecule has 0 spiro atoms. The van der Waals surface area contributed by atoms with Crippen LogP contribution in [0.2, 0.25) is 0 Å². The quantitative estimate of drug-likeness (QED) is 0.427. The molecule has 0 bridgehead atoms. The maximum Gasteiger partial charge on any atom is 0.416 e. The average Bonchev–Trinajstić information content (AvgIpc) is 3.30. The molecular weight excluding hydrogens is 487 g/mol. The number of halogens is 3. The third kappa shape index (κ3) is 7.01. The summed E-state index contributed by atoms with van der Waals surface area (Å²) in [7, 11) is 3.57. The van der Waals surface area contributed by atoms with Gasteiger partial charge in [0.25, 0.3) is 0 Å². The Morgan fingerprint density at radius 2 is 1.73 bits per heavy atom. The Kier molecular flexibility index (Phi) is 8.34. The lowest BCUT2D eigenvalue weighted by Crippen LogP contribution is -2.38. The summed E-state index contributed by atoms with van der Waals surface area (Å²) in [4.78, 5) is 14.8. The van der Waals surface area contributed by atoms with Crippen LogP contribution in [0.1, 0.15) is 18.4 Å². The van der Waals surface area contributed by atoms with E-state index in [9.17, 15) is 18.0 Å². The lowest BCUT2D eigenvalue weighted by atomic mass is 10.1. The van der Waals surface area contributed by atoms with E-state index in [1.165, 1.54) is 12.1 Å². The van der Waals surface area contributed by atoms with E-state index in [1.807, 2.05) is 13.1 Å². The number of hydrogen-bond donors (Lipinski definition) is 2. The van der Waals surface area contributed by atoms with E-state index in [2.05, 4.69) is 20.6 Å². The Morgan fingerprint density at radius 1 is 1.05 bits per heavy atom. The molecule has 8 nitrogen and oxygen atoms in total. The lowest BCUT2D eigenvalue weighted by Gasteiger charge is -2.31. The van der Waals surface area contributed by atoms with Gasteiger partial charge in [-0.3, -0.25) is 9.58 Å². The van der Waals surface area contributed by atoms with Gasteiger partial charge in [-0.15, -0.1) is 0 Å². The standard InChI is InChI=1S/C26H30F3N5O3/c1-33-23(9-12-30-33)22-17-20(32-25(35)31-19-5-3-18(4-6-19)26(27,28)29)7-8-24(22)37-16-15-34-13-10-21(36-2)11-14-34/h3-9,12,17,21H,10-11,13-16H2,1-2H3,(H2,31,32,35). The number of urea groups is 1. The highest BCUT2D eigenvalue weighted by molar-refractivity contribution is 6.00. The lowest BCUT2D eigenvalue weighted by molar-refractivity contribution is -0.137. The smallest absolute Gasteiger partial charge is 0.416 e. The number of alkyl halides is 3. The van der Waals surface area contributed by atoms with Crippen LogP contribution in [0.3, 0.4) is 0 Å². The molecule has 1 aliphatic rings. The zero-order valence-electron chi connectivity index (χ0n) is 20.7. The SMILES string of the molecule is COC1CCN(CCOc2ccc(NC(=O)Nc3ccc(C(F)(F)F)cc3)cc2-c2ccnn2C)CC1. The first-order chi connectivity index (χ1) is 17.7. The van der Waals surface area contributed by atoms with E-state index in [0.29, 0.717) is 24.1 Å². The summed E-state index contributed by atoms with van der Waals surface area (Å²) in [6.45, 7) is 3.22. The van der Waals surface area contributed by atoms with Crippen molar-refractivity contribution in [3.8, 4) is 17.0 Å². The fraction of sp³-hybridized carbons (Fsp3) is 0.385. The molecule has 0 atom stereocenters. The molecule has 2 aromatic carbocycles. The number of methoxy groups -OCH3 is 1. The van der Waals surface area contributed by atoms with Crippen molar-refractivity contribution >= 4 is 17.4 Å². The van der Waals surface area contributed by atoms with Gasteiger partial charge in [0.2, 0.25) is 0 Å². The third-order valence-electron chi connectivity index (χ3n) is 6.34. The van der Waals surface area contributed by atoms with Gasteiger partial charge in [-0.2, -0.15) is 18.3 Å². The summed E-state index contributed by atoms with van der Waals surface area (Å²) in [5.41, 5.74) is 1.52. The molecule has 1 fully saturated rings. The van der Waals surface area contributed by atoms with Crippen LogP contribution >= 0.6 is 0 Å². The van der Waals surface area contributed by atoms with Crippen molar-refractivity contribution in [2.24, 2.45) is 7.05 Å². The minimum absolute atomic E-state index is 0.242. The first-order valence-corrected chi connectivity index (χ1v) is 12.0. The van der Waals surface area contributed by atoms with Crippen molar-refractivity contribution in [1.82, 2.24) is 14.7 Å². The number of aryl methyl sites for hydroxylation is 1. The number of benzene rings is 2. The van der Waals surface area contributed by atoms with Crippen molar-refractivity contribution in [1.29, 1.82) is 0 Å². The highest BCUT2D eigenvalue weighted by Crippen LogP contribution is 2.33. The predicted octanol–water partition coefficient (Wildman–Crippen LogP) is 5.24. The number of carbonyl (C=O) groups is 1. The van der Waals surface area contributed by atoms with Crippen LogP contribution < -0.4 is 15.4 Å². The molecule has 11 heteroatoms. The molecule has 1 aromatic heterocycles. The number of rotatable bonds is 8. The number of likely N-dealkylation sites (tertiary alicyclic amines) is 1. The number of hydrogen-bond acceptors (Lipinski definition) is 5. The van der Waals surface area contributed by atoms with Crippen LogP contribution in [-0.4, -0.2) is 60.2 Å². The van der Waals surface area contributed by atoms with Gasteiger partial charge >= 0.3 is 12.2 Å². The normalized spacial score (nSPS) is 14.9. The molecule has 0 unspecified atom stereocenters. The molecule has 37 heavy (non-hydrogen) atoms. The number of aromatic nitrogens is 2. The zero-order chi connectivity index (χ0) is 26.4. The summed E-state index contributed by atoms with van der Waals surface area (Å²) in [5.74, 6) is 0.657. The molecule has 4 rings (SSSR count). The number of carbonyl (C=O) groups excluding carboxylic acids is 1. The minimum atomic E-state index is -4.44. The van der Waals surface area contributed by atoms with E-state index in [1.54, 1.807) is 36.2 Å². The van der Waals surface area contributed by atoms with Gasteiger partial charge in [-0.25, -0.2) is 4.79 Å². The molecule has 0 radical (unpaired) electrons. The van der Waals surface area contributed by atoms with Gasteiger partial charge < -0.3 is 20.1 Å². The summed E-state index contributed by atoms with van der Waals surface area (Å²) in [6, 6.07) is 10.8. The van der Waals surface area contributed by atoms with Crippen molar-refractivity contribution < 1.29 is 27.4 Å². The Morgan fingerprint density at radius 3 is 2.35 bits per heavy atom. The van der Waals surface area contributed by atoms with E-state index in [4.69, 9.17) is 9.47 Å². The first kappa shape index (κ1) is 26.5. The minimum Gasteiger partial charge on any atom is -0.492 e. The monoisotopic (exact) mass is 517 g/mol. The molecule has 1 saturated heterocycles. The Labute approximate surface area is 213 Å². The number of nitrogens with one attached hydrogen (secondary N) is 2. The number of anilines is 2. The molecule has 2 N–H and O–H groups in total. The maximum absolute atomic E-state index is 12.8. The van der Waals surface area contributed by atoms with Gasteiger partial charge in [0.15, 0.2) is 0 Å². The van der Waals surface area contributed by atoms with E-state index < -0.39 is 17.8 Å². The summed E-state index contributed by atoms with van der Waals surface area (Å²) in [6.07, 6.45) is -0.424. The fourth-order valence-corrected chi connectivity index (χ4v) is 4.26. The Bertz CT molecular complexity index is 1190. The molecule has 0 saturated carbocycles. The van der Waals surface area contributed by atoms with Crippen molar-refractivity contribution in [2.45, 2.75) is 25.1 Å². The molecular formula is C26H30F3N5O3. The van der Waals surface area contributed by atoms with E-state index in [0.717, 1.165) is 55.9 Å². The molecule has 0 aliphatic carbocycles. The van der Waals surface area contributed by atoms with Crippen molar-refractivity contribution in [3.63, 3.8) is 0 Å². The average molecular weight is 518 g/mol. The highest BCUT2D eigenvalue weighted by atomic mass is 19.4. The predicted molar refractivity (Wildman–Crippen MR) is 135 cm³/mol. The molecule has 1 aliphatic heterocycles. The van der Waals surface area contributed by atoms with Crippen molar-refractivity contribution in [3.05, 3.63) is 60.3 Å². The van der Waals surface area contributed by atoms with Gasteiger partial charge in [-0.1, -0.05) is 0 Å². The van der Waals surface area contributed by atoms with Crippen LogP contribution in [0.4, 0.5) is 29.3 Å². The van der Waals surface area contributed by atoms with Crippen LogP contribution in [0.25, 0.3) is 11.3 Å².